The average Bonchev–Trinajstić information content (AvgIpc) is 2.46. The third-order valence-corrected chi connectivity index (χ3v) is 3.39. The summed E-state index contributed by atoms with van der Waals surface area (Å²) in [5, 5.41) is 0. The molecule has 0 aliphatic carbocycles. The van der Waals surface area contributed by atoms with Crippen molar-refractivity contribution >= 4 is 17.3 Å². The van der Waals surface area contributed by atoms with Gasteiger partial charge in [0.25, 0.3) is 0 Å². The Kier molecular flexibility index (Phi) is 3.05. The van der Waals surface area contributed by atoms with Crippen molar-refractivity contribution < 1.29 is 0 Å². The minimum Gasteiger partial charge on any atom is -0.324 e. The summed E-state index contributed by atoms with van der Waals surface area (Å²) in [6.07, 6.45) is 4.49. The quantitative estimate of drug-likeness (QED) is 0.635. The van der Waals surface area contributed by atoms with E-state index in [1.54, 1.807) is 12.4 Å². The normalized spacial score (nSPS) is 18.0. The van der Waals surface area contributed by atoms with Crippen molar-refractivity contribution in [1.29, 1.82) is 0 Å². The first-order chi connectivity index (χ1) is 9.28. The fraction of sp³-hybridized carbons (Fsp3) is 0.286. The predicted molar refractivity (Wildman–Crippen MR) is 76.2 cm³/mol. The molecular formula is C14H17N5. The first-order valence-corrected chi connectivity index (χ1v) is 6.42. The lowest BCUT2D eigenvalue weighted by Crippen LogP contribution is -2.31. The van der Waals surface area contributed by atoms with Crippen molar-refractivity contribution in [2.75, 3.05) is 16.9 Å². The van der Waals surface area contributed by atoms with Crippen LogP contribution in [0.5, 0.6) is 0 Å². The number of anilines is 3. The Morgan fingerprint density at radius 3 is 3.00 bits per heavy atom. The Morgan fingerprint density at radius 1 is 1.32 bits per heavy atom. The van der Waals surface area contributed by atoms with Gasteiger partial charge in [-0.25, -0.2) is 10.8 Å². The first-order valence-electron chi connectivity index (χ1n) is 6.42. The van der Waals surface area contributed by atoms with Crippen molar-refractivity contribution in [3.8, 4) is 0 Å². The third-order valence-electron chi connectivity index (χ3n) is 3.39. The van der Waals surface area contributed by atoms with Crippen LogP contribution in [0.3, 0.4) is 0 Å². The Labute approximate surface area is 112 Å². The fourth-order valence-electron chi connectivity index (χ4n) is 2.57. The van der Waals surface area contributed by atoms with Crippen LogP contribution in [0.4, 0.5) is 17.3 Å². The molecule has 0 amide bonds. The van der Waals surface area contributed by atoms with Gasteiger partial charge in [0.05, 0.1) is 12.4 Å². The molecule has 5 nitrogen and oxygen atoms in total. The summed E-state index contributed by atoms with van der Waals surface area (Å²) in [5.74, 6) is 7.39. The zero-order valence-corrected chi connectivity index (χ0v) is 10.9. The maximum atomic E-state index is 5.40. The number of benzene rings is 1. The van der Waals surface area contributed by atoms with Crippen LogP contribution in [-0.2, 0) is 6.42 Å². The minimum absolute atomic E-state index is 0.577. The monoisotopic (exact) mass is 255 g/mol. The van der Waals surface area contributed by atoms with Crippen molar-refractivity contribution in [3.05, 3.63) is 42.2 Å². The van der Waals surface area contributed by atoms with Crippen LogP contribution < -0.4 is 16.2 Å². The van der Waals surface area contributed by atoms with E-state index >= 15 is 0 Å². The molecule has 2 heterocycles. The molecule has 1 unspecified atom stereocenters. The Bertz CT molecular complexity index is 584. The van der Waals surface area contributed by atoms with Gasteiger partial charge in [-0.15, -0.1) is 0 Å². The summed E-state index contributed by atoms with van der Waals surface area (Å²) in [6, 6.07) is 8.45. The summed E-state index contributed by atoms with van der Waals surface area (Å²) in [5.41, 5.74) is 5.11. The summed E-state index contributed by atoms with van der Waals surface area (Å²) in [7, 11) is 0. The molecule has 1 aromatic carbocycles. The van der Waals surface area contributed by atoms with Gasteiger partial charge in [0.15, 0.2) is 11.6 Å². The predicted octanol–water partition coefficient (Wildman–Crippen LogP) is 2.09. The number of nitrogens with one attached hydrogen (secondary N) is 1. The lowest BCUT2D eigenvalue weighted by Gasteiger charge is -2.33. The number of nitrogens with two attached hydrogens (primary N) is 1. The Hall–Kier alpha value is -2.14. The molecule has 0 radical (unpaired) electrons. The highest BCUT2D eigenvalue weighted by Crippen LogP contribution is 2.34. The van der Waals surface area contributed by atoms with Gasteiger partial charge in [0.1, 0.15) is 0 Å². The number of nitrogen functional groups attached to an aromatic ring is 1. The van der Waals surface area contributed by atoms with Gasteiger partial charge < -0.3 is 10.3 Å². The van der Waals surface area contributed by atoms with Crippen LogP contribution in [0, 0.1) is 5.92 Å². The number of hydrazine groups is 1. The van der Waals surface area contributed by atoms with Crippen molar-refractivity contribution in [1.82, 2.24) is 9.97 Å². The van der Waals surface area contributed by atoms with Crippen molar-refractivity contribution in [2.24, 2.45) is 11.8 Å². The highest BCUT2D eigenvalue weighted by Gasteiger charge is 2.23. The molecule has 2 aromatic rings. The molecule has 98 valence electrons. The van der Waals surface area contributed by atoms with Gasteiger partial charge in [-0.1, -0.05) is 25.1 Å². The highest BCUT2D eigenvalue weighted by molar-refractivity contribution is 5.65. The summed E-state index contributed by atoms with van der Waals surface area (Å²) in [6.45, 7) is 3.20. The summed E-state index contributed by atoms with van der Waals surface area (Å²) in [4.78, 5) is 10.9. The first kappa shape index (κ1) is 11.9. The van der Waals surface area contributed by atoms with E-state index in [1.807, 2.05) is 0 Å². The van der Waals surface area contributed by atoms with Crippen molar-refractivity contribution in [3.63, 3.8) is 0 Å². The number of rotatable bonds is 2. The highest BCUT2D eigenvalue weighted by atomic mass is 15.3. The van der Waals surface area contributed by atoms with Crippen molar-refractivity contribution in [2.45, 2.75) is 13.3 Å². The van der Waals surface area contributed by atoms with E-state index in [9.17, 15) is 0 Å². The topological polar surface area (TPSA) is 67.1 Å². The summed E-state index contributed by atoms with van der Waals surface area (Å²) < 4.78 is 0. The molecule has 3 N–H and O–H groups in total. The number of aromatic nitrogens is 2. The van der Waals surface area contributed by atoms with Crippen LogP contribution in [-0.4, -0.2) is 16.5 Å². The number of hydrogen-bond acceptors (Lipinski definition) is 5. The molecule has 0 saturated carbocycles. The minimum atomic E-state index is 0.577. The fourth-order valence-corrected chi connectivity index (χ4v) is 2.57. The van der Waals surface area contributed by atoms with E-state index < -0.39 is 0 Å². The van der Waals surface area contributed by atoms with Crippen LogP contribution in [0.25, 0.3) is 0 Å². The average molecular weight is 255 g/mol. The van der Waals surface area contributed by atoms with Crippen LogP contribution >= 0.6 is 0 Å². The molecule has 1 atom stereocenters. The van der Waals surface area contributed by atoms with Gasteiger partial charge in [-0.05, 0) is 24.0 Å². The molecule has 0 fully saturated rings. The second-order valence-corrected chi connectivity index (χ2v) is 4.96. The lowest BCUT2D eigenvalue weighted by molar-refractivity contribution is 0.560. The van der Waals surface area contributed by atoms with E-state index in [2.05, 4.69) is 51.5 Å². The molecule has 1 aliphatic heterocycles. The molecule has 1 aromatic heterocycles. The molecule has 0 saturated heterocycles. The molecule has 3 rings (SSSR count). The summed E-state index contributed by atoms with van der Waals surface area (Å²) >= 11 is 0. The number of nitrogens with zero attached hydrogens (tertiary/aromatic N) is 3. The molecule has 0 spiro atoms. The van der Waals surface area contributed by atoms with Gasteiger partial charge in [-0.2, -0.15) is 0 Å². The molecule has 5 heteroatoms. The second kappa shape index (κ2) is 4.85. The standard InChI is InChI=1S/C14H17N5/c1-10-6-11-4-2-3-5-12(11)19(9-10)14-8-16-7-13(17-14)18-15/h2-5,7-8,10H,6,9,15H2,1H3,(H,17,18). The van der Waals surface area contributed by atoms with Gasteiger partial charge in [0.2, 0.25) is 0 Å². The zero-order valence-electron chi connectivity index (χ0n) is 10.9. The maximum Gasteiger partial charge on any atom is 0.160 e. The Morgan fingerprint density at radius 2 is 2.16 bits per heavy atom. The smallest absolute Gasteiger partial charge is 0.160 e. The maximum absolute atomic E-state index is 5.40. The van der Waals surface area contributed by atoms with Gasteiger partial charge in [0, 0.05) is 12.2 Å². The van der Waals surface area contributed by atoms with Crippen LogP contribution in [0.1, 0.15) is 12.5 Å². The van der Waals surface area contributed by atoms with E-state index in [0.29, 0.717) is 11.7 Å². The lowest BCUT2D eigenvalue weighted by atomic mass is 9.94. The second-order valence-electron chi connectivity index (χ2n) is 4.96. The third kappa shape index (κ3) is 2.24. The Balaban J connectivity index is 2.04. The zero-order chi connectivity index (χ0) is 13.2. The van der Waals surface area contributed by atoms with Crippen LogP contribution in [0.2, 0.25) is 0 Å². The van der Waals surface area contributed by atoms with E-state index in [1.165, 1.54) is 11.3 Å². The SMILES string of the molecule is CC1Cc2ccccc2N(c2cncc(NN)n2)C1. The van der Waals surface area contributed by atoms with E-state index in [0.717, 1.165) is 18.8 Å². The van der Waals surface area contributed by atoms with Crippen LogP contribution in [0.15, 0.2) is 36.7 Å². The van der Waals surface area contributed by atoms with E-state index in [-0.39, 0.29) is 0 Å². The molecule has 19 heavy (non-hydrogen) atoms. The molecular weight excluding hydrogens is 238 g/mol. The molecule has 1 aliphatic rings. The van der Waals surface area contributed by atoms with E-state index in [4.69, 9.17) is 5.84 Å². The number of para-hydroxylation sites is 1. The molecule has 0 bridgehead atoms. The largest absolute Gasteiger partial charge is 0.324 e. The number of hydrogen-bond donors (Lipinski definition) is 2. The van der Waals surface area contributed by atoms with Gasteiger partial charge >= 0.3 is 0 Å². The van der Waals surface area contributed by atoms with Gasteiger partial charge in [-0.3, -0.25) is 4.98 Å². The number of fused-ring (bicyclic) bond motifs is 1.